The fraction of sp³-hybridized carbons (Fsp3) is 0.467. The summed E-state index contributed by atoms with van der Waals surface area (Å²) in [6.07, 6.45) is 0. The minimum atomic E-state index is -0.451. The molecule has 0 N–H and O–H groups in total. The average molecular weight is 276 g/mol. The van der Waals surface area contributed by atoms with Gasteiger partial charge in [0.05, 0.1) is 5.56 Å². The first-order valence-electron chi connectivity index (χ1n) is 6.76. The Kier molecular flexibility index (Phi) is 4.74. The Hall–Kier alpha value is -1.88. The van der Waals surface area contributed by atoms with Crippen LogP contribution in [-0.2, 0) is 9.53 Å². The van der Waals surface area contributed by atoms with Crippen LogP contribution in [-0.4, -0.2) is 61.5 Å². The van der Waals surface area contributed by atoms with E-state index in [0.717, 1.165) is 18.7 Å². The number of benzene rings is 1. The van der Waals surface area contributed by atoms with Crippen LogP contribution in [0.5, 0.6) is 0 Å². The molecule has 0 saturated carbocycles. The van der Waals surface area contributed by atoms with Crippen molar-refractivity contribution in [1.29, 1.82) is 0 Å². The monoisotopic (exact) mass is 276 g/mol. The molecule has 0 aromatic heterocycles. The molecule has 0 unspecified atom stereocenters. The minimum absolute atomic E-state index is 0.126. The lowest BCUT2D eigenvalue weighted by molar-refractivity contribution is -0.136. The molecule has 0 atom stereocenters. The Morgan fingerprint density at radius 2 is 1.70 bits per heavy atom. The summed E-state index contributed by atoms with van der Waals surface area (Å²) in [7, 11) is 2.03. The standard InChI is InChI=1S/C15H20N2O3/c1-12-3-5-13(6-4-12)15(19)20-11-14(18)17-9-7-16(2)8-10-17/h3-6H,7-11H2,1-2H3. The van der Waals surface area contributed by atoms with E-state index >= 15 is 0 Å². The molecule has 108 valence electrons. The molecular weight excluding hydrogens is 256 g/mol. The summed E-state index contributed by atoms with van der Waals surface area (Å²) in [6.45, 7) is 4.87. The fourth-order valence-corrected chi connectivity index (χ4v) is 2.05. The van der Waals surface area contributed by atoms with Crippen LogP contribution >= 0.6 is 0 Å². The van der Waals surface area contributed by atoms with Gasteiger partial charge in [-0.1, -0.05) is 17.7 Å². The Morgan fingerprint density at radius 1 is 1.10 bits per heavy atom. The molecule has 5 nitrogen and oxygen atoms in total. The Balaban J connectivity index is 1.81. The summed E-state index contributed by atoms with van der Waals surface area (Å²) in [5.74, 6) is -0.578. The van der Waals surface area contributed by atoms with E-state index < -0.39 is 5.97 Å². The third kappa shape index (κ3) is 3.81. The smallest absolute Gasteiger partial charge is 0.338 e. The molecule has 0 radical (unpaired) electrons. The Morgan fingerprint density at radius 3 is 2.30 bits per heavy atom. The predicted octanol–water partition coefficient (Wildman–Crippen LogP) is 0.926. The van der Waals surface area contributed by atoms with Gasteiger partial charge in [0, 0.05) is 26.2 Å². The SMILES string of the molecule is Cc1ccc(C(=O)OCC(=O)N2CCN(C)CC2)cc1. The normalized spacial score (nSPS) is 16.0. The van der Waals surface area contributed by atoms with Crippen LogP contribution in [0.4, 0.5) is 0 Å². The average Bonchev–Trinajstić information content (AvgIpc) is 2.46. The number of esters is 1. The van der Waals surface area contributed by atoms with Gasteiger partial charge in [-0.3, -0.25) is 4.79 Å². The molecule has 0 spiro atoms. The zero-order valence-corrected chi connectivity index (χ0v) is 12.0. The highest BCUT2D eigenvalue weighted by Gasteiger charge is 2.20. The van der Waals surface area contributed by atoms with Crippen LogP contribution in [0.1, 0.15) is 15.9 Å². The predicted molar refractivity (Wildman–Crippen MR) is 75.5 cm³/mol. The topological polar surface area (TPSA) is 49.9 Å². The summed E-state index contributed by atoms with van der Waals surface area (Å²) >= 11 is 0. The molecule has 1 saturated heterocycles. The van der Waals surface area contributed by atoms with Crippen molar-refractivity contribution in [2.24, 2.45) is 0 Å². The second kappa shape index (κ2) is 6.52. The summed E-state index contributed by atoms with van der Waals surface area (Å²) in [4.78, 5) is 27.6. The highest BCUT2D eigenvalue weighted by Crippen LogP contribution is 2.06. The van der Waals surface area contributed by atoms with Gasteiger partial charge in [-0.05, 0) is 26.1 Å². The second-order valence-corrected chi connectivity index (χ2v) is 5.13. The van der Waals surface area contributed by atoms with Crippen molar-refractivity contribution in [3.63, 3.8) is 0 Å². The van der Waals surface area contributed by atoms with Crippen LogP contribution in [0.3, 0.4) is 0 Å². The van der Waals surface area contributed by atoms with E-state index in [-0.39, 0.29) is 12.5 Å². The van der Waals surface area contributed by atoms with Crippen LogP contribution in [0.25, 0.3) is 0 Å². The zero-order valence-electron chi connectivity index (χ0n) is 12.0. The van der Waals surface area contributed by atoms with Crippen molar-refractivity contribution in [2.75, 3.05) is 39.8 Å². The van der Waals surface area contributed by atoms with Gasteiger partial charge in [0.2, 0.25) is 0 Å². The molecule has 0 bridgehead atoms. The maximum Gasteiger partial charge on any atom is 0.338 e. The van der Waals surface area contributed by atoms with Gasteiger partial charge < -0.3 is 14.5 Å². The summed E-state index contributed by atoms with van der Waals surface area (Å²) in [5, 5.41) is 0. The fourth-order valence-electron chi connectivity index (χ4n) is 2.05. The zero-order chi connectivity index (χ0) is 14.5. The van der Waals surface area contributed by atoms with Gasteiger partial charge in [-0.25, -0.2) is 4.79 Å². The molecule has 1 aromatic carbocycles. The first-order valence-corrected chi connectivity index (χ1v) is 6.76. The van der Waals surface area contributed by atoms with Crippen molar-refractivity contribution >= 4 is 11.9 Å². The van der Waals surface area contributed by atoms with E-state index in [1.807, 2.05) is 26.1 Å². The van der Waals surface area contributed by atoms with Gasteiger partial charge in [0.25, 0.3) is 5.91 Å². The molecule has 0 aliphatic carbocycles. The number of carbonyl (C=O) groups is 2. The molecule has 1 fully saturated rings. The van der Waals surface area contributed by atoms with E-state index in [1.165, 1.54) is 0 Å². The van der Waals surface area contributed by atoms with Gasteiger partial charge in [-0.2, -0.15) is 0 Å². The molecule has 1 amide bonds. The van der Waals surface area contributed by atoms with E-state index in [4.69, 9.17) is 4.74 Å². The number of hydrogen-bond acceptors (Lipinski definition) is 4. The number of aryl methyl sites for hydroxylation is 1. The third-order valence-corrected chi connectivity index (χ3v) is 3.47. The number of nitrogens with zero attached hydrogens (tertiary/aromatic N) is 2. The van der Waals surface area contributed by atoms with Crippen LogP contribution in [0, 0.1) is 6.92 Å². The van der Waals surface area contributed by atoms with E-state index in [1.54, 1.807) is 17.0 Å². The third-order valence-electron chi connectivity index (χ3n) is 3.47. The number of likely N-dealkylation sites (N-methyl/N-ethyl adjacent to an activating group) is 1. The molecule has 5 heteroatoms. The highest BCUT2D eigenvalue weighted by atomic mass is 16.5. The number of rotatable bonds is 3. The molecule has 1 aliphatic rings. The van der Waals surface area contributed by atoms with Crippen molar-refractivity contribution < 1.29 is 14.3 Å². The lowest BCUT2D eigenvalue weighted by Gasteiger charge is -2.32. The van der Waals surface area contributed by atoms with Gasteiger partial charge >= 0.3 is 5.97 Å². The minimum Gasteiger partial charge on any atom is -0.452 e. The van der Waals surface area contributed by atoms with E-state index in [2.05, 4.69) is 4.90 Å². The summed E-state index contributed by atoms with van der Waals surface area (Å²) < 4.78 is 5.07. The number of ether oxygens (including phenoxy) is 1. The summed E-state index contributed by atoms with van der Waals surface area (Å²) in [5.41, 5.74) is 1.55. The summed E-state index contributed by atoms with van der Waals surface area (Å²) in [6, 6.07) is 7.10. The molecule has 1 aliphatic heterocycles. The van der Waals surface area contributed by atoms with Gasteiger partial charge in [0.1, 0.15) is 0 Å². The largest absolute Gasteiger partial charge is 0.452 e. The van der Waals surface area contributed by atoms with Crippen molar-refractivity contribution in [3.8, 4) is 0 Å². The molecule has 20 heavy (non-hydrogen) atoms. The highest BCUT2D eigenvalue weighted by molar-refractivity contribution is 5.91. The maximum atomic E-state index is 11.9. The van der Waals surface area contributed by atoms with E-state index in [0.29, 0.717) is 18.7 Å². The quantitative estimate of drug-likeness (QED) is 0.771. The lowest BCUT2D eigenvalue weighted by Crippen LogP contribution is -2.48. The lowest BCUT2D eigenvalue weighted by atomic mass is 10.1. The molecule has 1 aromatic rings. The number of carbonyl (C=O) groups excluding carboxylic acids is 2. The van der Waals surface area contributed by atoms with Gasteiger partial charge in [0.15, 0.2) is 6.61 Å². The first kappa shape index (κ1) is 14.5. The second-order valence-electron chi connectivity index (χ2n) is 5.13. The number of hydrogen-bond donors (Lipinski definition) is 0. The van der Waals surface area contributed by atoms with Crippen LogP contribution < -0.4 is 0 Å². The van der Waals surface area contributed by atoms with E-state index in [9.17, 15) is 9.59 Å². The van der Waals surface area contributed by atoms with Gasteiger partial charge in [-0.15, -0.1) is 0 Å². The van der Waals surface area contributed by atoms with Crippen molar-refractivity contribution in [2.45, 2.75) is 6.92 Å². The number of piperazine rings is 1. The van der Waals surface area contributed by atoms with Crippen molar-refractivity contribution in [1.82, 2.24) is 9.80 Å². The number of amides is 1. The Labute approximate surface area is 119 Å². The van der Waals surface area contributed by atoms with Crippen molar-refractivity contribution in [3.05, 3.63) is 35.4 Å². The Bertz CT molecular complexity index is 476. The first-order chi connectivity index (χ1) is 9.56. The maximum absolute atomic E-state index is 11.9. The molecule has 2 rings (SSSR count). The molecule has 1 heterocycles. The van der Waals surface area contributed by atoms with Crippen LogP contribution in [0.15, 0.2) is 24.3 Å². The van der Waals surface area contributed by atoms with Crippen LogP contribution in [0.2, 0.25) is 0 Å². The molecular formula is C15H20N2O3.